The summed E-state index contributed by atoms with van der Waals surface area (Å²) in [5, 5.41) is 4.16. The van der Waals surface area contributed by atoms with Crippen LogP contribution in [0.2, 0.25) is 5.02 Å². The van der Waals surface area contributed by atoms with E-state index < -0.39 is 0 Å². The van der Waals surface area contributed by atoms with Gasteiger partial charge >= 0.3 is 0 Å². The minimum Gasteiger partial charge on any atom is -0.385 e. The predicted octanol–water partition coefficient (Wildman–Crippen LogP) is 3.86. The second-order valence-electron chi connectivity index (χ2n) is 3.24. The molecule has 2 heteroatoms. The van der Waals surface area contributed by atoms with E-state index in [9.17, 15) is 0 Å². The van der Waals surface area contributed by atoms with Crippen molar-refractivity contribution in [1.29, 1.82) is 0 Å². The number of nitrogens with one attached hydrogen (secondary N) is 1. The summed E-state index contributed by atoms with van der Waals surface area (Å²) in [6.07, 6.45) is 2.41. The number of aryl methyl sites for hydroxylation is 1. The minimum absolute atomic E-state index is 0.835. The average molecular weight is 198 g/mol. The number of rotatable bonds is 4. The lowest BCUT2D eigenvalue weighted by Gasteiger charge is -2.06. The third kappa shape index (κ3) is 3.27. The van der Waals surface area contributed by atoms with E-state index >= 15 is 0 Å². The number of unbranched alkanes of at least 4 members (excludes halogenated alkanes) is 1. The lowest BCUT2D eigenvalue weighted by Crippen LogP contribution is -2.00. The predicted molar refractivity (Wildman–Crippen MR) is 59.6 cm³/mol. The van der Waals surface area contributed by atoms with Gasteiger partial charge in [0.2, 0.25) is 0 Å². The number of anilines is 1. The van der Waals surface area contributed by atoms with Crippen LogP contribution in [-0.2, 0) is 0 Å². The highest BCUT2D eigenvalue weighted by atomic mass is 35.5. The van der Waals surface area contributed by atoms with Gasteiger partial charge in [-0.15, -0.1) is 0 Å². The van der Waals surface area contributed by atoms with Crippen molar-refractivity contribution in [3.63, 3.8) is 0 Å². The van der Waals surface area contributed by atoms with E-state index in [0.29, 0.717) is 0 Å². The van der Waals surface area contributed by atoms with Crippen molar-refractivity contribution in [2.45, 2.75) is 26.7 Å². The Morgan fingerprint density at radius 2 is 2.15 bits per heavy atom. The molecule has 0 atom stereocenters. The van der Waals surface area contributed by atoms with Crippen LogP contribution in [0.1, 0.15) is 25.3 Å². The van der Waals surface area contributed by atoms with Crippen LogP contribution in [0.4, 0.5) is 5.69 Å². The molecule has 0 unspecified atom stereocenters. The van der Waals surface area contributed by atoms with Crippen molar-refractivity contribution in [1.82, 2.24) is 0 Å². The first kappa shape index (κ1) is 10.4. The van der Waals surface area contributed by atoms with E-state index in [0.717, 1.165) is 22.8 Å². The van der Waals surface area contributed by atoms with Crippen LogP contribution in [0, 0.1) is 6.92 Å². The highest BCUT2D eigenvalue weighted by Gasteiger charge is 1.96. The van der Waals surface area contributed by atoms with Gasteiger partial charge in [0.15, 0.2) is 0 Å². The lowest BCUT2D eigenvalue weighted by molar-refractivity contribution is 0.834. The Morgan fingerprint density at radius 3 is 2.77 bits per heavy atom. The molecule has 0 heterocycles. The van der Waals surface area contributed by atoms with Gasteiger partial charge in [-0.3, -0.25) is 0 Å². The summed E-state index contributed by atoms with van der Waals surface area (Å²) in [6.45, 7) is 5.22. The van der Waals surface area contributed by atoms with E-state index in [2.05, 4.69) is 18.3 Å². The fourth-order valence-corrected chi connectivity index (χ4v) is 1.29. The van der Waals surface area contributed by atoms with Gasteiger partial charge in [-0.05, 0) is 31.0 Å². The summed E-state index contributed by atoms with van der Waals surface area (Å²) in [6, 6.07) is 6.08. The molecule has 0 aliphatic rings. The van der Waals surface area contributed by atoms with Gasteiger partial charge in [-0.2, -0.15) is 0 Å². The van der Waals surface area contributed by atoms with Gasteiger partial charge in [0.25, 0.3) is 0 Å². The zero-order valence-corrected chi connectivity index (χ0v) is 8.99. The minimum atomic E-state index is 0.835. The first-order valence-corrected chi connectivity index (χ1v) is 5.12. The molecule has 1 rings (SSSR count). The molecule has 0 saturated heterocycles. The maximum atomic E-state index is 5.99. The molecule has 1 nitrogen and oxygen atoms in total. The van der Waals surface area contributed by atoms with Gasteiger partial charge < -0.3 is 5.32 Å². The topological polar surface area (TPSA) is 12.0 Å². The lowest BCUT2D eigenvalue weighted by atomic mass is 10.2. The molecule has 0 radical (unpaired) electrons. The van der Waals surface area contributed by atoms with Gasteiger partial charge in [-0.1, -0.05) is 31.0 Å². The summed E-state index contributed by atoms with van der Waals surface area (Å²) in [5.41, 5.74) is 2.24. The average Bonchev–Trinajstić information content (AvgIpc) is 2.12. The van der Waals surface area contributed by atoms with Crippen LogP contribution in [0.3, 0.4) is 0 Å². The van der Waals surface area contributed by atoms with Crippen molar-refractivity contribution >= 4 is 17.3 Å². The zero-order chi connectivity index (χ0) is 9.68. The van der Waals surface area contributed by atoms with Gasteiger partial charge in [0.05, 0.1) is 0 Å². The molecule has 1 aromatic carbocycles. The Morgan fingerprint density at radius 1 is 1.38 bits per heavy atom. The third-order valence-corrected chi connectivity index (χ3v) is 2.44. The van der Waals surface area contributed by atoms with E-state index in [4.69, 9.17) is 11.6 Å². The molecule has 0 fully saturated rings. The molecule has 1 N–H and O–H groups in total. The smallest absolute Gasteiger partial charge is 0.0455 e. The molecule has 1 aromatic rings. The normalized spacial score (nSPS) is 10.1. The Hall–Kier alpha value is -0.690. The van der Waals surface area contributed by atoms with Crippen molar-refractivity contribution < 1.29 is 0 Å². The van der Waals surface area contributed by atoms with Crippen molar-refractivity contribution in [2.24, 2.45) is 0 Å². The van der Waals surface area contributed by atoms with Gasteiger partial charge in [0, 0.05) is 17.3 Å². The van der Waals surface area contributed by atoms with E-state index in [1.807, 2.05) is 19.1 Å². The summed E-state index contributed by atoms with van der Waals surface area (Å²) in [5.74, 6) is 0. The van der Waals surface area contributed by atoms with Crippen LogP contribution in [0.5, 0.6) is 0 Å². The Bertz CT molecular complexity index is 271. The first-order chi connectivity index (χ1) is 6.24. The summed E-state index contributed by atoms with van der Waals surface area (Å²) >= 11 is 5.99. The molecule has 72 valence electrons. The largest absolute Gasteiger partial charge is 0.385 e. The molecule has 0 bridgehead atoms. The summed E-state index contributed by atoms with van der Waals surface area (Å²) < 4.78 is 0. The molecular weight excluding hydrogens is 182 g/mol. The second-order valence-corrected chi connectivity index (χ2v) is 3.65. The zero-order valence-electron chi connectivity index (χ0n) is 8.23. The number of hydrogen-bond donors (Lipinski definition) is 1. The fraction of sp³-hybridized carbons (Fsp3) is 0.455. The molecular formula is C11H16ClN. The van der Waals surface area contributed by atoms with Crippen LogP contribution in [0.25, 0.3) is 0 Å². The molecule has 0 aromatic heterocycles. The van der Waals surface area contributed by atoms with Gasteiger partial charge in [-0.25, -0.2) is 0 Å². The Balaban J connectivity index is 2.53. The van der Waals surface area contributed by atoms with Gasteiger partial charge in [0.1, 0.15) is 0 Å². The van der Waals surface area contributed by atoms with Crippen LogP contribution < -0.4 is 5.32 Å². The highest BCUT2D eigenvalue weighted by molar-refractivity contribution is 6.31. The monoisotopic (exact) mass is 197 g/mol. The molecule has 0 aliphatic carbocycles. The summed E-state index contributed by atoms with van der Waals surface area (Å²) in [4.78, 5) is 0. The standard InChI is InChI=1S/C11H16ClN/c1-3-4-7-13-10-6-5-9(2)11(12)8-10/h5-6,8,13H,3-4,7H2,1-2H3. The molecule has 0 spiro atoms. The second kappa shape index (κ2) is 5.13. The molecule has 0 amide bonds. The summed E-state index contributed by atoms with van der Waals surface area (Å²) in [7, 11) is 0. The van der Waals surface area contributed by atoms with Crippen molar-refractivity contribution in [2.75, 3.05) is 11.9 Å². The fourth-order valence-electron chi connectivity index (χ4n) is 1.11. The SMILES string of the molecule is CCCCNc1ccc(C)c(Cl)c1. The first-order valence-electron chi connectivity index (χ1n) is 4.74. The van der Waals surface area contributed by atoms with Crippen LogP contribution in [-0.4, -0.2) is 6.54 Å². The Kier molecular flexibility index (Phi) is 4.10. The van der Waals surface area contributed by atoms with Crippen LogP contribution in [0.15, 0.2) is 18.2 Å². The number of halogens is 1. The number of hydrogen-bond acceptors (Lipinski definition) is 1. The maximum Gasteiger partial charge on any atom is 0.0455 e. The van der Waals surface area contributed by atoms with Crippen LogP contribution >= 0.6 is 11.6 Å². The third-order valence-electron chi connectivity index (χ3n) is 2.03. The van der Waals surface area contributed by atoms with E-state index in [1.54, 1.807) is 0 Å². The highest BCUT2D eigenvalue weighted by Crippen LogP contribution is 2.19. The van der Waals surface area contributed by atoms with E-state index in [1.165, 1.54) is 12.8 Å². The van der Waals surface area contributed by atoms with Crippen molar-refractivity contribution in [3.8, 4) is 0 Å². The maximum absolute atomic E-state index is 5.99. The van der Waals surface area contributed by atoms with E-state index in [-0.39, 0.29) is 0 Å². The quantitative estimate of drug-likeness (QED) is 0.723. The molecule has 0 saturated carbocycles. The number of benzene rings is 1. The Labute approximate surface area is 85.1 Å². The molecule has 0 aliphatic heterocycles. The van der Waals surface area contributed by atoms with Crippen molar-refractivity contribution in [3.05, 3.63) is 28.8 Å². The molecule has 13 heavy (non-hydrogen) atoms.